The maximum Gasteiger partial charge on any atom is 0.273 e. The molecule has 1 N–H and O–H groups in total. The van der Waals surface area contributed by atoms with Gasteiger partial charge in [0, 0.05) is 18.2 Å². The average Bonchev–Trinajstić information content (AvgIpc) is 3.22. The second kappa shape index (κ2) is 9.14. The fourth-order valence-corrected chi connectivity index (χ4v) is 3.20. The van der Waals surface area contributed by atoms with Crippen LogP contribution in [-0.4, -0.2) is 35.6 Å². The number of nitrogens with zero attached hydrogens (tertiary/aromatic N) is 2. The van der Waals surface area contributed by atoms with Crippen molar-refractivity contribution in [2.75, 3.05) is 19.6 Å². The first-order chi connectivity index (χ1) is 13.2. The van der Waals surface area contributed by atoms with E-state index >= 15 is 0 Å². The number of hydrogen-bond acceptors (Lipinski definition) is 4. The van der Waals surface area contributed by atoms with Crippen LogP contribution in [0.1, 0.15) is 35.9 Å². The van der Waals surface area contributed by atoms with Crippen LogP contribution in [0.4, 0.5) is 0 Å². The number of rotatable bonds is 8. The Morgan fingerprint density at radius 3 is 2.30 bits per heavy atom. The molecule has 5 nitrogen and oxygen atoms in total. The molecule has 0 unspecified atom stereocenters. The average molecular weight is 363 g/mol. The van der Waals surface area contributed by atoms with E-state index in [0.717, 1.165) is 18.7 Å². The summed E-state index contributed by atoms with van der Waals surface area (Å²) in [6.45, 7) is 6.59. The number of aromatic nitrogens is 1. The monoisotopic (exact) mass is 363 g/mol. The lowest BCUT2D eigenvalue weighted by molar-refractivity contribution is 0.0926. The normalized spacial score (nSPS) is 12.1. The Kier molecular flexibility index (Phi) is 6.39. The van der Waals surface area contributed by atoms with Crippen LogP contribution in [0.2, 0.25) is 0 Å². The van der Waals surface area contributed by atoms with E-state index in [1.807, 2.05) is 48.5 Å². The fourth-order valence-electron chi connectivity index (χ4n) is 3.20. The second-order valence-corrected chi connectivity index (χ2v) is 6.30. The minimum Gasteiger partial charge on any atom is -0.355 e. The van der Waals surface area contributed by atoms with Crippen molar-refractivity contribution in [3.05, 3.63) is 78.0 Å². The largest absolute Gasteiger partial charge is 0.355 e. The molecule has 0 fully saturated rings. The molecular formula is C22H25N3O2. The van der Waals surface area contributed by atoms with Gasteiger partial charge in [-0.2, -0.15) is 0 Å². The summed E-state index contributed by atoms with van der Waals surface area (Å²) >= 11 is 0. The van der Waals surface area contributed by atoms with Gasteiger partial charge in [-0.15, -0.1) is 0 Å². The molecule has 0 spiro atoms. The van der Waals surface area contributed by atoms with Gasteiger partial charge in [-0.3, -0.25) is 9.69 Å². The van der Waals surface area contributed by atoms with Gasteiger partial charge >= 0.3 is 0 Å². The van der Waals surface area contributed by atoms with Crippen molar-refractivity contribution in [2.24, 2.45) is 0 Å². The maximum atomic E-state index is 12.6. The third kappa shape index (κ3) is 4.63. The quantitative estimate of drug-likeness (QED) is 0.653. The molecular weight excluding hydrogens is 338 g/mol. The molecule has 0 saturated heterocycles. The first-order valence-corrected chi connectivity index (χ1v) is 9.32. The van der Waals surface area contributed by atoms with Crippen molar-refractivity contribution in [3.8, 4) is 11.3 Å². The van der Waals surface area contributed by atoms with Crippen molar-refractivity contribution in [3.63, 3.8) is 0 Å². The molecule has 0 radical (unpaired) electrons. The third-order valence-corrected chi connectivity index (χ3v) is 4.69. The Morgan fingerprint density at radius 2 is 1.67 bits per heavy atom. The van der Waals surface area contributed by atoms with Gasteiger partial charge in [-0.1, -0.05) is 79.7 Å². The Morgan fingerprint density at radius 1 is 1.04 bits per heavy atom. The van der Waals surface area contributed by atoms with Crippen molar-refractivity contribution in [1.82, 2.24) is 15.4 Å². The third-order valence-electron chi connectivity index (χ3n) is 4.69. The van der Waals surface area contributed by atoms with Gasteiger partial charge in [-0.05, 0) is 18.7 Å². The van der Waals surface area contributed by atoms with Crippen molar-refractivity contribution in [2.45, 2.75) is 19.9 Å². The van der Waals surface area contributed by atoms with Crippen LogP contribution in [0.5, 0.6) is 0 Å². The zero-order valence-corrected chi connectivity index (χ0v) is 15.8. The first-order valence-electron chi connectivity index (χ1n) is 9.32. The molecule has 1 amide bonds. The van der Waals surface area contributed by atoms with E-state index in [0.29, 0.717) is 18.0 Å². The van der Waals surface area contributed by atoms with E-state index in [9.17, 15) is 4.79 Å². The Bertz CT molecular complexity index is 842. The highest BCUT2D eigenvalue weighted by molar-refractivity contribution is 5.93. The van der Waals surface area contributed by atoms with E-state index < -0.39 is 0 Å². The Labute approximate surface area is 160 Å². The van der Waals surface area contributed by atoms with E-state index in [4.69, 9.17) is 4.52 Å². The summed E-state index contributed by atoms with van der Waals surface area (Å²) in [4.78, 5) is 14.9. The molecule has 2 aromatic carbocycles. The standard InChI is InChI=1S/C22H25N3O2/c1-3-25(4-2)20(17-11-7-5-8-12-17)16-23-22(26)19-15-21(27-24-19)18-13-9-6-10-14-18/h5-15,20H,3-4,16H2,1-2H3,(H,23,26)/t20-/m1/s1. The Hall–Kier alpha value is -2.92. The molecule has 0 saturated carbocycles. The Balaban J connectivity index is 1.70. The molecule has 0 aliphatic rings. The zero-order valence-electron chi connectivity index (χ0n) is 15.8. The van der Waals surface area contributed by atoms with Gasteiger partial charge in [0.1, 0.15) is 0 Å². The summed E-state index contributed by atoms with van der Waals surface area (Å²) in [6.07, 6.45) is 0. The minimum absolute atomic E-state index is 0.116. The summed E-state index contributed by atoms with van der Waals surface area (Å²) in [5.41, 5.74) is 2.38. The summed E-state index contributed by atoms with van der Waals surface area (Å²) in [5, 5.41) is 6.94. The molecule has 1 heterocycles. The summed E-state index contributed by atoms with van der Waals surface area (Å²) in [5.74, 6) is 0.359. The first kappa shape index (κ1) is 18.9. The van der Waals surface area contributed by atoms with Gasteiger partial charge < -0.3 is 9.84 Å². The lowest BCUT2D eigenvalue weighted by Gasteiger charge is -2.30. The van der Waals surface area contributed by atoms with E-state index in [-0.39, 0.29) is 11.9 Å². The number of amides is 1. The van der Waals surface area contributed by atoms with Crippen LogP contribution >= 0.6 is 0 Å². The number of carbonyl (C=O) groups excluding carboxylic acids is 1. The molecule has 5 heteroatoms. The predicted octanol–water partition coefficient (Wildman–Crippen LogP) is 4.15. The smallest absolute Gasteiger partial charge is 0.273 e. The molecule has 0 bridgehead atoms. The highest BCUT2D eigenvalue weighted by atomic mass is 16.5. The van der Waals surface area contributed by atoms with Crippen LogP contribution < -0.4 is 5.32 Å². The summed E-state index contributed by atoms with van der Waals surface area (Å²) in [7, 11) is 0. The lowest BCUT2D eigenvalue weighted by atomic mass is 10.0. The van der Waals surface area contributed by atoms with Crippen LogP contribution in [0.25, 0.3) is 11.3 Å². The van der Waals surface area contributed by atoms with E-state index in [1.165, 1.54) is 5.56 Å². The number of hydrogen-bond donors (Lipinski definition) is 1. The van der Waals surface area contributed by atoms with Crippen LogP contribution in [0.3, 0.4) is 0 Å². The van der Waals surface area contributed by atoms with Gasteiger partial charge in [0.2, 0.25) is 0 Å². The van der Waals surface area contributed by atoms with Crippen molar-refractivity contribution < 1.29 is 9.32 Å². The summed E-state index contributed by atoms with van der Waals surface area (Å²) < 4.78 is 5.33. The van der Waals surface area contributed by atoms with E-state index in [1.54, 1.807) is 6.07 Å². The molecule has 0 aliphatic heterocycles. The maximum absolute atomic E-state index is 12.6. The van der Waals surface area contributed by atoms with Crippen molar-refractivity contribution in [1.29, 1.82) is 0 Å². The van der Waals surface area contributed by atoms with Gasteiger partial charge in [0.15, 0.2) is 11.5 Å². The number of carbonyl (C=O) groups is 1. The van der Waals surface area contributed by atoms with Crippen LogP contribution in [0, 0.1) is 0 Å². The molecule has 140 valence electrons. The molecule has 1 aromatic heterocycles. The number of benzene rings is 2. The molecule has 3 rings (SSSR count). The zero-order chi connectivity index (χ0) is 19.1. The molecule has 27 heavy (non-hydrogen) atoms. The number of nitrogens with one attached hydrogen (secondary N) is 1. The predicted molar refractivity (Wildman–Crippen MR) is 106 cm³/mol. The molecule has 3 aromatic rings. The topological polar surface area (TPSA) is 58.4 Å². The SMILES string of the molecule is CCN(CC)[C@H](CNC(=O)c1cc(-c2ccccc2)on1)c1ccccc1. The summed E-state index contributed by atoms with van der Waals surface area (Å²) in [6, 6.07) is 21.7. The van der Waals surface area contributed by atoms with E-state index in [2.05, 4.69) is 41.4 Å². The number of likely N-dealkylation sites (N-methyl/N-ethyl adjacent to an activating group) is 1. The highest BCUT2D eigenvalue weighted by Crippen LogP contribution is 2.21. The van der Waals surface area contributed by atoms with Gasteiger partial charge in [0.25, 0.3) is 5.91 Å². The highest BCUT2D eigenvalue weighted by Gasteiger charge is 2.20. The fraction of sp³-hybridized carbons (Fsp3) is 0.273. The minimum atomic E-state index is -0.228. The molecule has 1 atom stereocenters. The van der Waals surface area contributed by atoms with Crippen LogP contribution in [-0.2, 0) is 0 Å². The van der Waals surface area contributed by atoms with Gasteiger partial charge in [-0.25, -0.2) is 0 Å². The second-order valence-electron chi connectivity index (χ2n) is 6.30. The van der Waals surface area contributed by atoms with Gasteiger partial charge in [0.05, 0.1) is 6.04 Å². The lowest BCUT2D eigenvalue weighted by Crippen LogP contribution is -2.38. The van der Waals surface area contributed by atoms with Crippen molar-refractivity contribution >= 4 is 5.91 Å². The molecule has 0 aliphatic carbocycles. The van der Waals surface area contributed by atoms with Crippen LogP contribution in [0.15, 0.2) is 71.3 Å².